The van der Waals surface area contributed by atoms with Gasteiger partial charge in [0.25, 0.3) is 0 Å². The van der Waals surface area contributed by atoms with E-state index in [9.17, 15) is 0 Å². The van der Waals surface area contributed by atoms with E-state index in [0.29, 0.717) is 90.7 Å². The molecule has 0 saturated heterocycles. The van der Waals surface area contributed by atoms with Crippen LogP contribution in [0.2, 0.25) is 0 Å². The molecule has 0 atom stereocenters. The number of H-pyrrole nitrogens is 2. The van der Waals surface area contributed by atoms with Crippen molar-refractivity contribution in [2.45, 2.75) is 244 Å². The first-order valence-electron chi connectivity index (χ1n) is 26.5. The second-order valence-electron chi connectivity index (χ2n) is 27.4. The molecule has 0 fully saturated rings. The molecule has 8 bridgehead atoms. The summed E-state index contributed by atoms with van der Waals surface area (Å²) >= 11 is 13.3. The standard InChI is InChI=1S/C56H74N16S8/c1-49(2,3)73-41-42(74-50(4,5)6)58-26-25(57-41)33-65-34(26)70-36-29-30(62-46(78-54(16,17)18)45(61-29)77-53(13,14)15)38(67-36)72-40-32-31(63-47(79-55(19,20)21)48(64-32)80-56(22,23)24)39(68-40)71-37-28-27(35(66-37)69-33)59-43(75-51(7,8)9)44(60-28)76-52(10,11)12/h1-24H3,(H2,65,66,67,68,69,70,71,72). The van der Waals surface area contributed by atoms with Crippen LogP contribution in [-0.2, 0) is 0 Å². The number of hydrogen-bond donors (Lipinski definition) is 2. The van der Waals surface area contributed by atoms with Gasteiger partial charge in [-0.3, -0.25) is 0 Å². The summed E-state index contributed by atoms with van der Waals surface area (Å²) in [7, 11) is 0. The lowest BCUT2D eigenvalue weighted by Gasteiger charge is -2.22. The molecule has 0 unspecified atom stereocenters. The Balaban J connectivity index is 1.51. The Hall–Kier alpha value is -3.52. The molecule has 0 spiro atoms. The highest BCUT2D eigenvalue weighted by Gasteiger charge is 2.34. The van der Waals surface area contributed by atoms with E-state index >= 15 is 0 Å². The molecule has 0 saturated carbocycles. The van der Waals surface area contributed by atoms with E-state index in [0.717, 1.165) is 40.2 Å². The summed E-state index contributed by atoms with van der Waals surface area (Å²) in [5.41, 5.74) is 5.49. The average molecular weight is 1230 g/mol. The number of nitrogens with one attached hydrogen (secondary N) is 2. The lowest BCUT2D eigenvalue weighted by atomic mass is 10.3. The second-order valence-corrected chi connectivity index (χ2v) is 42.0. The Morgan fingerprint density at radius 1 is 0.200 bits per heavy atom. The van der Waals surface area contributed by atoms with Crippen LogP contribution in [0.4, 0.5) is 0 Å². The number of aromatic nitrogens is 16. The molecule has 0 aromatic carbocycles. The van der Waals surface area contributed by atoms with Crippen LogP contribution in [0.15, 0.2) is 40.2 Å². The van der Waals surface area contributed by atoms with Crippen LogP contribution in [0.1, 0.15) is 166 Å². The zero-order valence-corrected chi connectivity index (χ0v) is 57.1. The molecule has 2 N–H and O–H groups in total. The van der Waals surface area contributed by atoms with Gasteiger partial charge in [-0.2, -0.15) is 0 Å². The summed E-state index contributed by atoms with van der Waals surface area (Å²) in [5.74, 6) is 1.20. The first kappa shape index (κ1) is 61.1. The molecule has 426 valence electrons. The minimum absolute atomic E-state index is 0.198. The number of rotatable bonds is 8. The van der Waals surface area contributed by atoms with Gasteiger partial charge in [-0.05, 0) is 0 Å². The molecule has 0 radical (unpaired) electrons. The smallest absolute Gasteiger partial charge is 0.184 e. The highest BCUT2D eigenvalue weighted by molar-refractivity contribution is 8.04. The van der Waals surface area contributed by atoms with E-state index in [1.807, 2.05) is 0 Å². The lowest BCUT2D eigenvalue weighted by molar-refractivity contribution is 0.778. The predicted molar refractivity (Wildman–Crippen MR) is 343 cm³/mol. The zero-order chi connectivity index (χ0) is 58.8. The number of aromatic amines is 2. The molecule has 2 aliphatic heterocycles. The van der Waals surface area contributed by atoms with Gasteiger partial charge in [0.2, 0.25) is 0 Å². The summed E-state index contributed by atoms with van der Waals surface area (Å²) in [6.45, 7) is 52.3. The van der Waals surface area contributed by atoms with Gasteiger partial charge >= 0.3 is 0 Å². The number of fused-ring (bicyclic) bond motifs is 20. The lowest BCUT2D eigenvalue weighted by Crippen LogP contribution is -2.12. The summed E-state index contributed by atoms with van der Waals surface area (Å²) in [6.07, 6.45) is 0. The van der Waals surface area contributed by atoms with Gasteiger partial charge in [0, 0.05) is 38.0 Å². The van der Waals surface area contributed by atoms with Gasteiger partial charge in [0.1, 0.15) is 85.1 Å². The quantitative estimate of drug-likeness (QED) is 0.135. The third kappa shape index (κ3) is 14.9. The second kappa shape index (κ2) is 21.2. The van der Waals surface area contributed by atoms with Gasteiger partial charge in [-0.1, -0.05) is 260 Å². The third-order valence-corrected chi connectivity index (χ3v) is 19.3. The summed E-state index contributed by atoms with van der Waals surface area (Å²) in [5, 5.41) is 6.21. The molecule has 80 heavy (non-hydrogen) atoms. The van der Waals surface area contributed by atoms with Crippen molar-refractivity contribution in [3.8, 4) is 46.1 Å². The Kier molecular flexibility index (Phi) is 16.2. The van der Waals surface area contributed by atoms with Crippen LogP contribution in [0, 0.1) is 0 Å². The molecule has 2 aliphatic rings. The van der Waals surface area contributed by atoms with Crippen LogP contribution < -0.4 is 0 Å². The van der Waals surface area contributed by atoms with Crippen molar-refractivity contribution in [1.82, 2.24) is 79.7 Å². The van der Waals surface area contributed by atoms with E-state index in [-0.39, 0.29) is 38.0 Å². The van der Waals surface area contributed by atoms with Crippen LogP contribution in [0.25, 0.3) is 90.7 Å². The topological polar surface area (TPSA) is 212 Å². The fourth-order valence-electron chi connectivity index (χ4n) is 7.69. The van der Waals surface area contributed by atoms with Crippen molar-refractivity contribution in [3.63, 3.8) is 0 Å². The first-order chi connectivity index (χ1) is 36.5. The largest absolute Gasteiger partial charge is 0.321 e. The Morgan fingerprint density at radius 3 is 0.500 bits per heavy atom. The zero-order valence-electron chi connectivity index (χ0n) is 50.5. The molecule has 0 amide bonds. The van der Waals surface area contributed by atoms with Crippen molar-refractivity contribution in [2.24, 2.45) is 0 Å². The van der Waals surface area contributed by atoms with E-state index < -0.39 is 0 Å². The Bertz CT molecular complexity index is 3300. The van der Waals surface area contributed by atoms with Gasteiger partial charge in [-0.15, -0.1) is 0 Å². The molecular weight excluding hydrogens is 1150 g/mol. The Morgan fingerprint density at radius 2 is 0.350 bits per heavy atom. The highest BCUT2D eigenvalue weighted by Crippen LogP contribution is 2.48. The van der Waals surface area contributed by atoms with Gasteiger partial charge < -0.3 is 9.97 Å². The van der Waals surface area contributed by atoms with Crippen LogP contribution in [0.3, 0.4) is 0 Å². The maximum atomic E-state index is 5.45. The normalized spacial score (nSPS) is 13.9. The first-order valence-corrected chi connectivity index (χ1v) is 33.1. The molecule has 24 heteroatoms. The number of nitrogens with zero attached hydrogens (tertiary/aromatic N) is 14. The molecule has 16 nitrogen and oxygen atoms in total. The summed E-state index contributed by atoms with van der Waals surface area (Å²) in [4.78, 5) is 82.8. The minimum atomic E-state index is -0.200. The fraction of sp³-hybridized carbons (Fsp3) is 0.571. The SMILES string of the molecule is CC(C)(C)Sc1nc2c(nc1SC(C)(C)C)-c1nc-2nc2[nH]c(nc3nc(nc4[nH]c(n1)c1nc(SC(C)(C)C)c(SC(C)(C)C)nc41)-c1nc(SC(C)(C)C)c(SC(C)(C)C)nc1-3)c1nc(SC(C)(C)C)c(SC(C)(C)C)nc21. The van der Waals surface area contributed by atoms with Crippen LogP contribution in [0.5, 0.6) is 0 Å². The van der Waals surface area contributed by atoms with E-state index in [2.05, 4.69) is 176 Å². The van der Waals surface area contributed by atoms with Crippen molar-refractivity contribution < 1.29 is 0 Å². The van der Waals surface area contributed by atoms with Crippen molar-refractivity contribution in [1.29, 1.82) is 0 Å². The molecule has 7 aromatic heterocycles. The minimum Gasteiger partial charge on any atom is -0.321 e. The fourth-order valence-corrected chi connectivity index (χ4v) is 15.5. The van der Waals surface area contributed by atoms with E-state index in [1.165, 1.54) is 0 Å². The molecule has 9 heterocycles. The van der Waals surface area contributed by atoms with Crippen molar-refractivity contribution in [2.75, 3.05) is 0 Å². The maximum Gasteiger partial charge on any atom is 0.184 e. The Labute approximate surface area is 505 Å². The number of hydrogen-bond acceptors (Lipinski definition) is 22. The van der Waals surface area contributed by atoms with Crippen molar-refractivity contribution >= 4 is 139 Å². The molecule has 0 aliphatic carbocycles. The van der Waals surface area contributed by atoms with E-state index in [1.54, 1.807) is 94.1 Å². The monoisotopic (exact) mass is 1230 g/mol. The number of thioether (sulfide) groups is 8. The van der Waals surface area contributed by atoms with E-state index in [4.69, 9.17) is 69.8 Å². The molecule has 9 rings (SSSR count). The van der Waals surface area contributed by atoms with Crippen LogP contribution >= 0.6 is 94.1 Å². The summed E-state index contributed by atoms with van der Waals surface area (Å²) < 4.78 is -1.59. The van der Waals surface area contributed by atoms with Gasteiger partial charge in [0.15, 0.2) is 45.9 Å². The predicted octanol–water partition coefficient (Wildman–Crippen LogP) is 17.2. The van der Waals surface area contributed by atoms with Gasteiger partial charge in [0.05, 0.1) is 0 Å². The van der Waals surface area contributed by atoms with Gasteiger partial charge in [-0.25, -0.2) is 69.8 Å². The third-order valence-electron chi connectivity index (χ3n) is 10.1. The molecular formula is C56H74N16S8. The summed E-state index contributed by atoms with van der Waals surface area (Å²) in [6, 6.07) is 0. The van der Waals surface area contributed by atoms with Crippen LogP contribution in [-0.4, -0.2) is 118 Å². The van der Waals surface area contributed by atoms with Crippen molar-refractivity contribution in [3.05, 3.63) is 0 Å². The average Bonchev–Trinajstić information content (AvgIpc) is 3.97. The maximum absolute atomic E-state index is 5.45. The highest BCUT2D eigenvalue weighted by atomic mass is 32.2. The molecule has 7 aromatic rings.